The molecule has 0 aliphatic carbocycles. The zero-order chi connectivity index (χ0) is 21.0. The highest BCUT2D eigenvalue weighted by Crippen LogP contribution is 2.32. The van der Waals surface area contributed by atoms with E-state index in [9.17, 15) is 4.79 Å². The lowest BCUT2D eigenvalue weighted by molar-refractivity contribution is -0.136. The van der Waals surface area contributed by atoms with Crippen LogP contribution in [-0.4, -0.2) is 26.6 Å². The number of benzene rings is 2. The Balaban J connectivity index is 2.08. The van der Waals surface area contributed by atoms with Crippen LogP contribution in [0.15, 0.2) is 60.7 Å². The van der Waals surface area contributed by atoms with Crippen LogP contribution in [0.2, 0.25) is 0 Å². The van der Waals surface area contributed by atoms with Crippen LogP contribution >= 0.6 is 0 Å². The molecule has 5 heteroatoms. The summed E-state index contributed by atoms with van der Waals surface area (Å²) in [5.74, 6) is 1.43. The second kappa shape index (κ2) is 8.95. The third kappa shape index (κ3) is 4.67. The summed E-state index contributed by atoms with van der Waals surface area (Å²) in [7, 11) is 0. The van der Waals surface area contributed by atoms with Gasteiger partial charge in [0.05, 0.1) is 23.5 Å². The SMILES string of the molecule is Cc1nn(-c2ccccc2)c(Oc2ccccc2)c1CN(C(=O)C(C)C)C(C)C. The Kier molecular flexibility index (Phi) is 6.37. The highest BCUT2D eigenvalue weighted by atomic mass is 16.5. The van der Waals surface area contributed by atoms with Gasteiger partial charge in [-0.2, -0.15) is 5.10 Å². The molecule has 1 amide bonds. The smallest absolute Gasteiger partial charge is 0.227 e. The Labute approximate surface area is 172 Å². The summed E-state index contributed by atoms with van der Waals surface area (Å²) in [6.07, 6.45) is 0. The molecule has 2 aromatic carbocycles. The van der Waals surface area contributed by atoms with Gasteiger partial charge < -0.3 is 9.64 Å². The summed E-state index contributed by atoms with van der Waals surface area (Å²) >= 11 is 0. The van der Waals surface area contributed by atoms with Crippen LogP contribution in [0.3, 0.4) is 0 Å². The van der Waals surface area contributed by atoms with Crippen molar-refractivity contribution < 1.29 is 9.53 Å². The Morgan fingerprint density at radius 3 is 2.14 bits per heavy atom. The molecule has 0 aliphatic heterocycles. The molecule has 0 saturated heterocycles. The van der Waals surface area contributed by atoms with Crippen LogP contribution in [-0.2, 0) is 11.3 Å². The molecule has 152 valence electrons. The van der Waals surface area contributed by atoms with Crippen molar-refractivity contribution in [2.45, 2.75) is 47.2 Å². The summed E-state index contributed by atoms with van der Waals surface area (Å²) in [4.78, 5) is 14.7. The number of hydrogen-bond donors (Lipinski definition) is 0. The number of aryl methyl sites for hydroxylation is 1. The van der Waals surface area contributed by atoms with Crippen LogP contribution in [0.4, 0.5) is 0 Å². The van der Waals surface area contributed by atoms with Crippen molar-refractivity contribution in [2.24, 2.45) is 5.92 Å². The summed E-state index contributed by atoms with van der Waals surface area (Å²) in [5, 5.41) is 4.75. The third-order valence-corrected chi connectivity index (χ3v) is 4.82. The van der Waals surface area contributed by atoms with Gasteiger partial charge in [-0.3, -0.25) is 4.79 Å². The average Bonchev–Trinajstić information content (AvgIpc) is 3.02. The molecule has 1 heterocycles. The van der Waals surface area contributed by atoms with Crippen molar-refractivity contribution in [1.29, 1.82) is 0 Å². The quantitative estimate of drug-likeness (QED) is 0.544. The fourth-order valence-electron chi connectivity index (χ4n) is 3.19. The van der Waals surface area contributed by atoms with E-state index >= 15 is 0 Å². The third-order valence-electron chi connectivity index (χ3n) is 4.82. The van der Waals surface area contributed by atoms with Crippen molar-refractivity contribution in [3.8, 4) is 17.3 Å². The van der Waals surface area contributed by atoms with Gasteiger partial charge in [-0.25, -0.2) is 4.68 Å². The average molecular weight is 392 g/mol. The molecule has 0 atom stereocenters. The molecule has 1 aromatic heterocycles. The first-order valence-electron chi connectivity index (χ1n) is 10.1. The molecule has 0 aliphatic rings. The van der Waals surface area contributed by atoms with Crippen LogP contribution in [0.25, 0.3) is 5.69 Å². The second-order valence-electron chi connectivity index (χ2n) is 7.75. The molecule has 0 N–H and O–H groups in total. The maximum atomic E-state index is 12.8. The minimum Gasteiger partial charge on any atom is -0.439 e. The van der Waals surface area contributed by atoms with Crippen molar-refractivity contribution in [1.82, 2.24) is 14.7 Å². The van der Waals surface area contributed by atoms with Crippen LogP contribution in [0.5, 0.6) is 11.6 Å². The van der Waals surface area contributed by atoms with Gasteiger partial charge in [-0.05, 0) is 45.0 Å². The standard InChI is InChI=1S/C24H29N3O2/c1-17(2)23(28)26(18(3)4)16-22-19(5)25-27(20-12-8-6-9-13-20)24(22)29-21-14-10-7-11-15-21/h6-15,17-18H,16H2,1-5H3. The van der Waals surface area contributed by atoms with Gasteiger partial charge in [0, 0.05) is 12.0 Å². The molecule has 0 saturated carbocycles. The molecule has 3 rings (SSSR count). The Bertz CT molecular complexity index is 947. The van der Waals surface area contributed by atoms with E-state index in [1.54, 1.807) is 0 Å². The molecule has 0 bridgehead atoms. The van der Waals surface area contributed by atoms with Crippen LogP contribution < -0.4 is 4.74 Å². The van der Waals surface area contributed by atoms with Crippen LogP contribution in [0.1, 0.15) is 39.0 Å². The summed E-state index contributed by atoms with van der Waals surface area (Å²) < 4.78 is 8.11. The normalized spacial score (nSPS) is 11.1. The van der Waals surface area contributed by atoms with E-state index < -0.39 is 0 Å². The van der Waals surface area contributed by atoms with Gasteiger partial charge in [0.15, 0.2) is 0 Å². The lowest BCUT2D eigenvalue weighted by Gasteiger charge is -2.28. The molecule has 0 fully saturated rings. The number of para-hydroxylation sites is 2. The highest BCUT2D eigenvalue weighted by molar-refractivity contribution is 5.78. The molecule has 3 aromatic rings. The van der Waals surface area contributed by atoms with Crippen molar-refractivity contribution in [2.75, 3.05) is 0 Å². The lowest BCUT2D eigenvalue weighted by atomic mass is 10.1. The fraction of sp³-hybridized carbons (Fsp3) is 0.333. The predicted molar refractivity (Wildman–Crippen MR) is 115 cm³/mol. The number of aromatic nitrogens is 2. The number of amides is 1. The first-order chi connectivity index (χ1) is 13.9. The first kappa shape index (κ1) is 20.6. The Hall–Kier alpha value is -3.08. The van der Waals surface area contributed by atoms with E-state index in [0.717, 1.165) is 22.7 Å². The zero-order valence-electron chi connectivity index (χ0n) is 17.8. The predicted octanol–water partition coefficient (Wildman–Crippen LogP) is 5.37. The second-order valence-corrected chi connectivity index (χ2v) is 7.75. The maximum Gasteiger partial charge on any atom is 0.227 e. The van der Waals surface area contributed by atoms with Gasteiger partial charge in [0.1, 0.15) is 5.75 Å². The molecule has 0 radical (unpaired) electrons. The van der Waals surface area contributed by atoms with E-state index in [-0.39, 0.29) is 17.9 Å². The first-order valence-corrected chi connectivity index (χ1v) is 10.1. The van der Waals surface area contributed by atoms with E-state index in [1.807, 2.05) is 105 Å². The Morgan fingerprint density at radius 1 is 1.00 bits per heavy atom. The van der Waals surface area contributed by atoms with Gasteiger partial charge in [0.25, 0.3) is 0 Å². The molecule has 0 unspecified atom stereocenters. The van der Waals surface area contributed by atoms with Crippen molar-refractivity contribution in [3.05, 3.63) is 71.9 Å². The number of nitrogens with zero attached hydrogens (tertiary/aromatic N) is 3. The number of rotatable bonds is 7. The highest BCUT2D eigenvalue weighted by Gasteiger charge is 2.26. The monoisotopic (exact) mass is 391 g/mol. The summed E-state index contributed by atoms with van der Waals surface area (Å²) in [5.41, 5.74) is 2.68. The minimum atomic E-state index is -0.0691. The topological polar surface area (TPSA) is 47.4 Å². The largest absolute Gasteiger partial charge is 0.439 e. The number of carbonyl (C=O) groups excluding carboxylic acids is 1. The molecule has 5 nitrogen and oxygen atoms in total. The number of carbonyl (C=O) groups is 1. The zero-order valence-corrected chi connectivity index (χ0v) is 17.8. The molecule has 0 spiro atoms. The van der Waals surface area contributed by atoms with E-state index in [0.29, 0.717) is 12.4 Å². The molecular formula is C24H29N3O2. The minimum absolute atomic E-state index is 0.0691. The molecule has 29 heavy (non-hydrogen) atoms. The lowest BCUT2D eigenvalue weighted by Crippen LogP contribution is -2.39. The van der Waals surface area contributed by atoms with Gasteiger partial charge in [0.2, 0.25) is 11.8 Å². The van der Waals surface area contributed by atoms with Gasteiger partial charge >= 0.3 is 0 Å². The van der Waals surface area contributed by atoms with Gasteiger partial charge in [-0.1, -0.05) is 50.2 Å². The van der Waals surface area contributed by atoms with Crippen molar-refractivity contribution in [3.63, 3.8) is 0 Å². The van der Waals surface area contributed by atoms with E-state index in [2.05, 4.69) is 0 Å². The summed E-state index contributed by atoms with van der Waals surface area (Å²) in [6, 6.07) is 19.6. The fourth-order valence-corrected chi connectivity index (χ4v) is 3.19. The van der Waals surface area contributed by atoms with E-state index in [4.69, 9.17) is 9.84 Å². The van der Waals surface area contributed by atoms with Crippen LogP contribution in [0, 0.1) is 12.8 Å². The number of hydrogen-bond acceptors (Lipinski definition) is 3. The summed E-state index contributed by atoms with van der Waals surface area (Å²) in [6.45, 7) is 10.4. The Morgan fingerprint density at radius 2 is 1.59 bits per heavy atom. The van der Waals surface area contributed by atoms with E-state index in [1.165, 1.54) is 0 Å². The number of ether oxygens (including phenoxy) is 1. The molecular weight excluding hydrogens is 362 g/mol. The van der Waals surface area contributed by atoms with Gasteiger partial charge in [-0.15, -0.1) is 0 Å². The maximum absolute atomic E-state index is 12.8. The van der Waals surface area contributed by atoms with Crippen molar-refractivity contribution >= 4 is 5.91 Å².